The Morgan fingerprint density at radius 2 is 2.00 bits per heavy atom. The summed E-state index contributed by atoms with van der Waals surface area (Å²) in [5, 5.41) is 3.14. The smallest absolute Gasteiger partial charge is 0.123 e. The molecule has 4 heteroatoms. The van der Waals surface area contributed by atoms with Crippen LogP contribution >= 0.6 is 0 Å². The van der Waals surface area contributed by atoms with Crippen LogP contribution in [0.25, 0.3) is 11.3 Å². The van der Waals surface area contributed by atoms with Crippen LogP contribution in [0.5, 0.6) is 0 Å². The predicted octanol–water partition coefficient (Wildman–Crippen LogP) is 1.15. The Kier molecular flexibility index (Phi) is 3.10. The molecule has 0 bridgehead atoms. The second-order valence-electron chi connectivity index (χ2n) is 3.81. The van der Waals surface area contributed by atoms with Gasteiger partial charge in [0.05, 0.1) is 17.9 Å². The molecule has 0 unspecified atom stereocenters. The van der Waals surface area contributed by atoms with Crippen molar-refractivity contribution in [3.05, 3.63) is 36.3 Å². The Bertz CT molecular complexity index is 461. The number of nitrogens with zero attached hydrogens (tertiary/aromatic N) is 1. The summed E-state index contributed by atoms with van der Waals surface area (Å²) < 4.78 is 0. The van der Waals surface area contributed by atoms with Gasteiger partial charge in [-0.25, -0.2) is 4.98 Å². The molecule has 0 aliphatic rings. The molecule has 2 radical (unpaired) electrons. The lowest BCUT2D eigenvalue weighted by atomic mass is 9.95. The lowest BCUT2D eigenvalue weighted by molar-refractivity contribution is 0.618. The van der Waals surface area contributed by atoms with Crippen molar-refractivity contribution >= 4 is 13.3 Å². The van der Waals surface area contributed by atoms with Gasteiger partial charge in [0, 0.05) is 0 Å². The lowest BCUT2D eigenvalue weighted by Crippen LogP contribution is -2.13. The Balaban J connectivity index is 2.28. The lowest BCUT2D eigenvalue weighted by Gasteiger charge is -2.05. The zero-order valence-electron chi connectivity index (χ0n) is 9.49. The van der Waals surface area contributed by atoms with E-state index in [1.54, 1.807) is 0 Å². The zero-order chi connectivity index (χ0) is 11.5. The molecule has 3 nitrogen and oxygen atoms in total. The van der Waals surface area contributed by atoms with Gasteiger partial charge in [0.2, 0.25) is 0 Å². The SMILES string of the molecule is [B]c1ccc(-c2cnc([C@H](C)NC)[nH]2)cc1. The minimum absolute atomic E-state index is 0.225. The predicted molar refractivity (Wildman–Crippen MR) is 66.9 cm³/mol. The number of benzene rings is 1. The van der Waals surface area contributed by atoms with Gasteiger partial charge >= 0.3 is 0 Å². The molecule has 1 heterocycles. The van der Waals surface area contributed by atoms with Crippen molar-refractivity contribution in [3.63, 3.8) is 0 Å². The van der Waals surface area contributed by atoms with E-state index in [9.17, 15) is 0 Å². The number of hydrogen-bond donors (Lipinski definition) is 2. The zero-order valence-corrected chi connectivity index (χ0v) is 9.49. The second-order valence-corrected chi connectivity index (χ2v) is 3.81. The molecule has 0 fully saturated rings. The maximum absolute atomic E-state index is 5.64. The van der Waals surface area contributed by atoms with Gasteiger partial charge in [0.25, 0.3) is 0 Å². The minimum atomic E-state index is 0.225. The number of rotatable bonds is 3. The topological polar surface area (TPSA) is 40.7 Å². The number of hydrogen-bond acceptors (Lipinski definition) is 2. The molecule has 1 aromatic heterocycles. The monoisotopic (exact) mass is 211 g/mol. The first-order valence-corrected chi connectivity index (χ1v) is 5.29. The van der Waals surface area contributed by atoms with Crippen LogP contribution < -0.4 is 10.8 Å². The molecule has 0 aliphatic carbocycles. The molecule has 2 N–H and O–H groups in total. The summed E-state index contributed by atoms with van der Waals surface area (Å²) in [6, 6.07) is 7.96. The number of H-pyrrole nitrogens is 1. The van der Waals surface area contributed by atoms with Crippen LogP contribution in [0.15, 0.2) is 30.5 Å². The fourth-order valence-electron chi connectivity index (χ4n) is 1.50. The molecular weight excluding hydrogens is 197 g/mol. The van der Waals surface area contributed by atoms with Crippen LogP contribution in [-0.4, -0.2) is 24.9 Å². The summed E-state index contributed by atoms with van der Waals surface area (Å²) in [7, 11) is 7.56. The highest BCUT2D eigenvalue weighted by Crippen LogP contribution is 2.17. The van der Waals surface area contributed by atoms with E-state index in [0.29, 0.717) is 0 Å². The summed E-state index contributed by atoms with van der Waals surface area (Å²) in [5.74, 6) is 0.939. The van der Waals surface area contributed by atoms with Crippen LogP contribution in [0.2, 0.25) is 0 Å². The summed E-state index contributed by atoms with van der Waals surface area (Å²) in [4.78, 5) is 7.62. The molecule has 1 atom stereocenters. The number of imidazole rings is 1. The van der Waals surface area contributed by atoms with Crippen LogP contribution in [0, 0.1) is 0 Å². The quantitative estimate of drug-likeness (QED) is 0.747. The van der Waals surface area contributed by atoms with Gasteiger partial charge in [-0.05, 0) is 19.5 Å². The van der Waals surface area contributed by atoms with Crippen molar-refractivity contribution in [2.24, 2.45) is 0 Å². The molecule has 0 saturated heterocycles. The van der Waals surface area contributed by atoms with Gasteiger partial charge in [0.1, 0.15) is 13.7 Å². The van der Waals surface area contributed by atoms with Crippen LogP contribution in [-0.2, 0) is 0 Å². The molecular formula is C12H14BN3. The summed E-state index contributed by atoms with van der Waals surface area (Å²) >= 11 is 0. The van der Waals surface area contributed by atoms with E-state index >= 15 is 0 Å². The third-order valence-corrected chi connectivity index (χ3v) is 2.66. The Morgan fingerprint density at radius 1 is 1.31 bits per heavy atom. The summed E-state index contributed by atoms with van der Waals surface area (Å²) in [5.41, 5.74) is 2.88. The average Bonchev–Trinajstić information content (AvgIpc) is 2.78. The summed E-state index contributed by atoms with van der Waals surface area (Å²) in [6.45, 7) is 2.06. The van der Waals surface area contributed by atoms with E-state index in [1.807, 2.05) is 37.5 Å². The maximum atomic E-state index is 5.64. The first-order chi connectivity index (χ1) is 7.70. The van der Waals surface area contributed by atoms with E-state index in [0.717, 1.165) is 22.5 Å². The Hall–Kier alpha value is -1.55. The highest BCUT2D eigenvalue weighted by molar-refractivity contribution is 6.32. The van der Waals surface area contributed by atoms with Crippen molar-refractivity contribution in [2.45, 2.75) is 13.0 Å². The summed E-state index contributed by atoms with van der Waals surface area (Å²) in [6.07, 6.45) is 1.84. The van der Waals surface area contributed by atoms with E-state index in [2.05, 4.69) is 22.2 Å². The Labute approximate surface area is 96.7 Å². The highest BCUT2D eigenvalue weighted by atomic mass is 15.0. The molecule has 2 rings (SSSR count). The first-order valence-electron chi connectivity index (χ1n) is 5.29. The number of nitrogens with one attached hydrogen (secondary N) is 2. The standard InChI is InChI=1S/C12H14BN3/c1-8(14-2)12-15-7-11(16-12)9-3-5-10(13)6-4-9/h3-8,14H,1-2H3,(H,15,16)/t8-/m0/s1. The van der Waals surface area contributed by atoms with E-state index in [1.165, 1.54) is 0 Å². The van der Waals surface area contributed by atoms with E-state index < -0.39 is 0 Å². The van der Waals surface area contributed by atoms with Crippen molar-refractivity contribution in [3.8, 4) is 11.3 Å². The van der Waals surface area contributed by atoms with Gasteiger partial charge in [0.15, 0.2) is 0 Å². The van der Waals surface area contributed by atoms with Crippen molar-refractivity contribution in [2.75, 3.05) is 7.05 Å². The largest absolute Gasteiger partial charge is 0.341 e. The molecule has 0 amide bonds. The third-order valence-electron chi connectivity index (χ3n) is 2.66. The molecule has 16 heavy (non-hydrogen) atoms. The average molecular weight is 211 g/mol. The fraction of sp³-hybridized carbons (Fsp3) is 0.250. The van der Waals surface area contributed by atoms with Crippen molar-refractivity contribution in [1.82, 2.24) is 15.3 Å². The van der Waals surface area contributed by atoms with Crippen LogP contribution in [0.1, 0.15) is 18.8 Å². The normalized spacial score (nSPS) is 12.6. The fourth-order valence-corrected chi connectivity index (χ4v) is 1.50. The number of aromatic nitrogens is 2. The highest BCUT2D eigenvalue weighted by Gasteiger charge is 2.07. The molecule has 0 aliphatic heterocycles. The second kappa shape index (κ2) is 4.53. The van der Waals surface area contributed by atoms with Gasteiger partial charge in [-0.15, -0.1) is 0 Å². The molecule has 1 aromatic carbocycles. The van der Waals surface area contributed by atoms with Crippen molar-refractivity contribution in [1.29, 1.82) is 0 Å². The van der Waals surface area contributed by atoms with Crippen LogP contribution in [0.4, 0.5) is 0 Å². The molecule has 0 spiro atoms. The van der Waals surface area contributed by atoms with Crippen molar-refractivity contribution < 1.29 is 0 Å². The number of aromatic amines is 1. The van der Waals surface area contributed by atoms with E-state index in [4.69, 9.17) is 7.85 Å². The third kappa shape index (κ3) is 2.17. The van der Waals surface area contributed by atoms with Crippen LogP contribution in [0.3, 0.4) is 0 Å². The van der Waals surface area contributed by atoms with E-state index in [-0.39, 0.29) is 6.04 Å². The Morgan fingerprint density at radius 3 is 2.62 bits per heavy atom. The minimum Gasteiger partial charge on any atom is -0.341 e. The van der Waals surface area contributed by atoms with Gasteiger partial charge < -0.3 is 10.3 Å². The van der Waals surface area contributed by atoms with Gasteiger partial charge in [-0.3, -0.25) is 0 Å². The molecule has 0 saturated carbocycles. The first kappa shape index (κ1) is 11.0. The molecule has 2 aromatic rings. The van der Waals surface area contributed by atoms with Gasteiger partial charge in [-0.1, -0.05) is 29.7 Å². The van der Waals surface area contributed by atoms with Gasteiger partial charge in [-0.2, -0.15) is 0 Å². The maximum Gasteiger partial charge on any atom is 0.123 e. The molecule has 80 valence electrons.